The molecule has 1 aromatic rings. The summed E-state index contributed by atoms with van der Waals surface area (Å²) >= 11 is 0. The van der Waals surface area contributed by atoms with Crippen LogP contribution in [0.25, 0.3) is 0 Å². The molecule has 0 aliphatic rings. The van der Waals surface area contributed by atoms with Crippen molar-refractivity contribution in [2.75, 3.05) is 19.0 Å². The lowest BCUT2D eigenvalue weighted by molar-refractivity contribution is 0.340. The van der Waals surface area contributed by atoms with Gasteiger partial charge in [0.1, 0.15) is 5.75 Å². The van der Waals surface area contributed by atoms with Crippen molar-refractivity contribution in [3.63, 3.8) is 0 Å². The topological polar surface area (TPSA) is 21.3 Å². The van der Waals surface area contributed by atoms with Crippen LogP contribution >= 0.6 is 0 Å². The maximum Gasteiger partial charge on any atom is 0.121 e. The van der Waals surface area contributed by atoms with Gasteiger partial charge in [-0.2, -0.15) is 0 Å². The predicted octanol–water partition coefficient (Wildman–Crippen LogP) is 2.13. The first-order valence-electron chi connectivity index (χ1n) is 3.77. The fourth-order valence-corrected chi connectivity index (χ4v) is 0.908. The van der Waals surface area contributed by atoms with E-state index in [0.29, 0.717) is 6.61 Å². The van der Waals surface area contributed by atoms with E-state index in [9.17, 15) is 0 Å². The van der Waals surface area contributed by atoms with Crippen molar-refractivity contribution in [3.8, 4) is 5.75 Å². The molecule has 60 valence electrons. The molecule has 0 amide bonds. The summed E-state index contributed by atoms with van der Waals surface area (Å²) < 4.78 is 5.31. The Kier molecular flexibility index (Phi) is 2.78. The van der Waals surface area contributed by atoms with Gasteiger partial charge in [-0.05, 0) is 19.1 Å². The molecule has 0 heterocycles. The normalized spacial score (nSPS) is 9.27. The molecule has 1 rings (SSSR count). The maximum atomic E-state index is 5.31. The van der Waals surface area contributed by atoms with Gasteiger partial charge in [0, 0.05) is 18.8 Å². The fourth-order valence-electron chi connectivity index (χ4n) is 0.908. The second kappa shape index (κ2) is 3.86. The monoisotopic (exact) mass is 151 g/mol. The minimum atomic E-state index is 0.715. The van der Waals surface area contributed by atoms with E-state index in [0.717, 1.165) is 11.4 Å². The number of rotatable bonds is 3. The van der Waals surface area contributed by atoms with Crippen molar-refractivity contribution in [1.82, 2.24) is 0 Å². The number of hydrogen-bond acceptors (Lipinski definition) is 2. The third kappa shape index (κ3) is 2.15. The summed E-state index contributed by atoms with van der Waals surface area (Å²) in [5.74, 6) is 0.916. The average molecular weight is 151 g/mol. The zero-order chi connectivity index (χ0) is 8.10. The molecule has 0 fully saturated rings. The van der Waals surface area contributed by atoms with Crippen LogP contribution in [0.5, 0.6) is 5.75 Å². The summed E-state index contributed by atoms with van der Waals surface area (Å²) in [6.45, 7) is 2.69. The van der Waals surface area contributed by atoms with E-state index in [1.165, 1.54) is 0 Å². The molecule has 0 saturated carbocycles. The Bertz CT molecular complexity index is 223. The number of hydrogen-bond donors (Lipinski definition) is 1. The zero-order valence-electron chi connectivity index (χ0n) is 6.92. The zero-order valence-corrected chi connectivity index (χ0v) is 6.92. The van der Waals surface area contributed by atoms with E-state index >= 15 is 0 Å². The second-order valence-corrected chi connectivity index (χ2v) is 2.21. The Hall–Kier alpha value is -1.18. The quantitative estimate of drug-likeness (QED) is 0.714. The van der Waals surface area contributed by atoms with Crippen molar-refractivity contribution in [2.45, 2.75) is 6.92 Å². The first-order chi connectivity index (χ1) is 5.36. The van der Waals surface area contributed by atoms with Crippen LogP contribution in [-0.4, -0.2) is 13.7 Å². The molecular weight excluding hydrogens is 138 g/mol. The van der Waals surface area contributed by atoms with Gasteiger partial charge in [-0.15, -0.1) is 0 Å². The van der Waals surface area contributed by atoms with Gasteiger partial charge in [0.2, 0.25) is 0 Å². The summed E-state index contributed by atoms with van der Waals surface area (Å²) in [5, 5.41) is 3.05. The van der Waals surface area contributed by atoms with E-state index in [1.54, 1.807) is 0 Å². The van der Waals surface area contributed by atoms with Gasteiger partial charge >= 0.3 is 0 Å². The lowest BCUT2D eigenvalue weighted by Gasteiger charge is -2.04. The van der Waals surface area contributed by atoms with Crippen LogP contribution in [-0.2, 0) is 0 Å². The third-order valence-electron chi connectivity index (χ3n) is 1.43. The highest BCUT2D eigenvalue weighted by Crippen LogP contribution is 2.16. The molecule has 0 spiro atoms. The van der Waals surface area contributed by atoms with Gasteiger partial charge < -0.3 is 10.1 Å². The predicted molar refractivity (Wildman–Crippen MR) is 47.2 cm³/mol. The Morgan fingerprint density at radius 1 is 1.45 bits per heavy atom. The molecule has 0 aliphatic heterocycles. The Morgan fingerprint density at radius 2 is 2.27 bits per heavy atom. The van der Waals surface area contributed by atoms with Crippen LogP contribution in [0.15, 0.2) is 24.3 Å². The van der Waals surface area contributed by atoms with Crippen LogP contribution in [0.1, 0.15) is 6.92 Å². The molecule has 0 aliphatic carbocycles. The molecule has 2 nitrogen and oxygen atoms in total. The lowest BCUT2D eigenvalue weighted by atomic mass is 10.3. The van der Waals surface area contributed by atoms with E-state index in [4.69, 9.17) is 4.74 Å². The minimum Gasteiger partial charge on any atom is -0.494 e. The first kappa shape index (κ1) is 7.92. The van der Waals surface area contributed by atoms with Gasteiger partial charge in [-0.1, -0.05) is 6.07 Å². The van der Waals surface area contributed by atoms with Crippen molar-refractivity contribution >= 4 is 5.69 Å². The third-order valence-corrected chi connectivity index (χ3v) is 1.43. The van der Waals surface area contributed by atoms with Gasteiger partial charge in [-0.3, -0.25) is 0 Å². The van der Waals surface area contributed by atoms with Crippen molar-refractivity contribution in [2.24, 2.45) is 0 Å². The van der Waals surface area contributed by atoms with Crippen molar-refractivity contribution in [3.05, 3.63) is 24.3 Å². The summed E-state index contributed by atoms with van der Waals surface area (Å²) in [6, 6.07) is 7.90. The van der Waals surface area contributed by atoms with Crippen LogP contribution < -0.4 is 10.1 Å². The minimum absolute atomic E-state index is 0.715. The molecule has 0 unspecified atom stereocenters. The molecule has 11 heavy (non-hydrogen) atoms. The summed E-state index contributed by atoms with van der Waals surface area (Å²) in [4.78, 5) is 0. The summed E-state index contributed by atoms with van der Waals surface area (Å²) in [6.07, 6.45) is 0. The smallest absolute Gasteiger partial charge is 0.121 e. The molecule has 0 bridgehead atoms. The number of anilines is 1. The molecular formula is C9H13NO. The van der Waals surface area contributed by atoms with E-state index in [2.05, 4.69) is 5.32 Å². The van der Waals surface area contributed by atoms with Gasteiger partial charge in [-0.25, -0.2) is 0 Å². The molecule has 0 saturated heterocycles. The molecule has 1 N–H and O–H groups in total. The Balaban J connectivity index is 2.74. The van der Waals surface area contributed by atoms with E-state index < -0.39 is 0 Å². The maximum absolute atomic E-state index is 5.31. The van der Waals surface area contributed by atoms with Gasteiger partial charge in [0.05, 0.1) is 6.61 Å². The van der Waals surface area contributed by atoms with Gasteiger partial charge in [0.15, 0.2) is 0 Å². The lowest BCUT2D eigenvalue weighted by Crippen LogP contribution is -1.92. The van der Waals surface area contributed by atoms with Crippen molar-refractivity contribution < 1.29 is 4.74 Å². The first-order valence-corrected chi connectivity index (χ1v) is 3.77. The molecule has 0 aromatic heterocycles. The molecule has 1 aromatic carbocycles. The van der Waals surface area contributed by atoms with Crippen LogP contribution in [0.2, 0.25) is 0 Å². The Labute approximate surface area is 67.2 Å². The number of nitrogens with one attached hydrogen (secondary N) is 1. The Morgan fingerprint density at radius 3 is 2.91 bits per heavy atom. The second-order valence-electron chi connectivity index (χ2n) is 2.21. The highest BCUT2D eigenvalue weighted by molar-refractivity contribution is 5.47. The number of ether oxygens (including phenoxy) is 1. The summed E-state index contributed by atoms with van der Waals surface area (Å²) in [7, 11) is 1.89. The molecule has 0 radical (unpaired) electrons. The van der Waals surface area contributed by atoms with Gasteiger partial charge in [0.25, 0.3) is 0 Å². The van der Waals surface area contributed by atoms with Crippen LogP contribution in [0.4, 0.5) is 5.69 Å². The SMILES string of the molecule is CCOc1cccc(NC)c1. The largest absolute Gasteiger partial charge is 0.494 e. The average Bonchev–Trinajstić information content (AvgIpc) is 2.06. The number of benzene rings is 1. The highest BCUT2D eigenvalue weighted by atomic mass is 16.5. The fraction of sp³-hybridized carbons (Fsp3) is 0.333. The van der Waals surface area contributed by atoms with Crippen LogP contribution in [0, 0.1) is 0 Å². The standard InChI is InChI=1S/C9H13NO/c1-3-11-9-6-4-5-8(7-9)10-2/h4-7,10H,3H2,1-2H3. The van der Waals surface area contributed by atoms with E-state index in [-0.39, 0.29) is 0 Å². The highest BCUT2D eigenvalue weighted by Gasteiger charge is 1.91. The summed E-state index contributed by atoms with van der Waals surface area (Å²) in [5.41, 5.74) is 1.08. The van der Waals surface area contributed by atoms with Crippen molar-refractivity contribution in [1.29, 1.82) is 0 Å². The molecule has 2 heteroatoms. The van der Waals surface area contributed by atoms with Crippen LogP contribution in [0.3, 0.4) is 0 Å². The molecule has 0 atom stereocenters. The van der Waals surface area contributed by atoms with E-state index in [1.807, 2.05) is 38.2 Å².